The van der Waals surface area contributed by atoms with Crippen LogP contribution in [0.25, 0.3) is 0 Å². The maximum Gasteiger partial charge on any atom is 0.435 e. The van der Waals surface area contributed by atoms with Crippen LogP contribution >= 0.6 is 0 Å². The number of carbonyl (C=O) groups is 1. The molecule has 4 heteroatoms. The topological polar surface area (TPSA) is 46.5 Å². The first kappa shape index (κ1) is 7.76. The number of carbonyl (C=O) groups excluding carboxylic acids is 1. The molecule has 0 aromatic rings. The summed E-state index contributed by atoms with van der Waals surface area (Å²) in [4.78, 5) is 10.7. The fraction of sp³-hybridized carbons (Fsp3) is 0.833. The summed E-state index contributed by atoms with van der Waals surface area (Å²) in [5.41, 5.74) is 0. The molecule has 1 fully saturated rings. The number of hydrogen-bond donors (Lipinski definition) is 1. The van der Waals surface area contributed by atoms with Gasteiger partial charge in [0, 0.05) is 18.9 Å². The molecule has 0 amide bonds. The Morgan fingerprint density at radius 3 is 2.60 bits per heavy atom. The molecule has 56 valence electrons. The van der Waals surface area contributed by atoms with Gasteiger partial charge >= 0.3 is 7.69 Å². The quantitative estimate of drug-likeness (QED) is 0.541. The second kappa shape index (κ2) is 3.73. The second-order valence-corrected chi connectivity index (χ2v) is 2.53. The third-order valence-corrected chi connectivity index (χ3v) is 1.80. The molecule has 0 aromatic heterocycles. The molecule has 10 heavy (non-hydrogen) atoms. The zero-order valence-corrected chi connectivity index (χ0v) is 5.88. The van der Waals surface area contributed by atoms with E-state index < -0.39 is 0 Å². The molecular formula is C6H11BO3. The van der Waals surface area contributed by atoms with Crippen molar-refractivity contribution in [3.8, 4) is 0 Å². The molecule has 0 bridgehead atoms. The molecular weight excluding hydrogens is 131 g/mol. The molecule has 0 saturated heterocycles. The summed E-state index contributed by atoms with van der Waals surface area (Å²) in [7, 11) is -0.223. The lowest BCUT2D eigenvalue weighted by Crippen LogP contribution is -2.22. The average molecular weight is 142 g/mol. The van der Waals surface area contributed by atoms with E-state index in [4.69, 9.17) is 9.68 Å². The maximum absolute atomic E-state index is 10.7. The second-order valence-electron chi connectivity index (χ2n) is 2.53. The van der Waals surface area contributed by atoms with Crippen LogP contribution in [0, 0.1) is 0 Å². The molecule has 0 aliphatic heterocycles. The minimum absolute atomic E-state index is 0.114. The Kier molecular flexibility index (Phi) is 2.90. The third-order valence-electron chi connectivity index (χ3n) is 1.80. The smallest absolute Gasteiger partial charge is 0.430 e. The zero-order chi connectivity index (χ0) is 7.40. The Labute approximate surface area is 60.7 Å². The number of rotatable bonds is 2. The highest BCUT2D eigenvalue weighted by Gasteiger charge is 2.18. The fourth-order valence-corrected chi connectivity index (χ4v) is 1.19. The van der Waals surface area contributed by atoms with E-state index in [1.165, 1.54) is 0 Å². The van der Waals surface area contributed by atoms with Gasteiger partial charge in [0.05, 0.1) is 0 Å². The van der Waals surface area contributed by atoms with Crippen molar-refractivity contribution in [2.75, 3.05) is 0 Å². The van der Waals surface area contributed by atoms with Gasteiger partial charge in [-0.25, -0.2) is 0 Å². The fourth-order valence-electron chi connectivity index (χ4n) is 1.19. The number of ketones is 1. The number of hydrogen-bond acceptors (Lipinski definition) is 3. The predicted molar refractivity (Wildman–Crippen MR) is 37.7 cm³/mol. The molecule has 0 atom stereocenters. The van der Waals surface area contributed by atoms with Crippen molar-refractivity contribution in [2.24, 2.45) is 0 Å². The molecule has 1 saturated carbocycles. The minimum atomic E-state index is -0.223. The third kappa shape index (κ3) is 2.12. The Hall–Kier alpha value is -0.345. The van der Waals surface area contributed by atoms with Crippen LogP contribution in [-0.2, 0) is 9.45 Å². The molecule has 1 aliphatic carbocycles. The van der Waals surface area contributed by atoms with E-state index in [1.54, 1.807) is 0 Å². The van der Waals surface area contributed by atoms with Gasteiger partial charge in [-0.15, -0.1) is 0 Å². The first-order valence-corrected chi connectivity index (χ1v) is 3.57. The Morgan fingerprint density at radius 1 is 1.50 bits per heavy atom. The van der Waals surface area contributed by atoms with Gasteiger partial charge in [0.15, 0.2) is 0 Å². The molecule has 0 spiro atoms. The van der Waals surface area contributed by atoms with Gasteiger partial charge in [0.2, 0.25) is 0 Å². The van der Waals surface area contributed by atoms with E-state index in [9.17, 15) is 4.79 Å². The van der Waals surface area contributed by atoms with Gasteiger partial charge in [0.1, 0.15) is 5.78 Å². The van der Waals surface area contributed by atoms with E-state index in [-0.39, 0.29) is 13.8 Å². The van der Waals surface area contributed by atoms with Crippen molar-refractivity contribution >= 4 is 13.5 Å². The molecule has 0 heterocycles. The molecule has 3 nitrogen and oxygen atoms in total. The summed E-state index contributed by atoms with van der Waals surface area (Å²) in [6.07, 6.45) is 2.90. The highest BCUT2D eigenvalue weighted by atomic mass is 16.5. The molecule has 0 radical (unpaired) electrons. The largest absolute Gasteiger partial charge is 0.435 e. The van der Waals surface area contributed by atoms with E-state index in [2.05, 4.69) is 0 Å². The maximum atomic E-state index is 10.7. The van der Waals surface area contributed by atoms with Crippen LogP contribution in [0.2, 0.25) is 0 Å². The lowest BCUT2D eigenvalue weighted by atomic mass is 9.96. The van der Waals surface area contributed by atoms with Crippen molar-refractivity contribution in [3.05, 3.63) is 0 Å². The van der Waals surface area contributed by atoms with Crippen molar-refractivity contribution in [1.82, 2.24) is 0 Å². The summed E-state index contributed by atoms with van der Waals surface area (Å²) in [6.45, 7) is 0. The van der Waals surface area contributed by atoms with Crippen LogP contribution in [0.3, 0.4) is 0 Å². The van der Waals surface area contributed by atoms with Crippen LogP contribution in [0.4, 0.5) is 0 Å². The summed E-state index contributed by atoms with van der Waals surface area (Å²) < 4.78 is 4.93. The van der Waals surface area contributed by atoms with Crippen molar-refractivity contribution < 1.29 is 14.5 Å². The summed E-state index contributed by atoms with van der Waals surface area (Å²) in [6, 6.07) is 0. The SMILES string of the molecule is O=C1CCC(OBO)CC1. The standard InChI is InChI=1S/C6H11BO3/c8-5-1-3-6(4-2-5)10-7-9/h6-7,9H,1-4H2. The van der Waals surface area contributed by atoms with Crippen molar-refractivity contribution in [3.63, 3.8) is 0 Å². The summed E-state index contributed by atoms with van der Waals surface area (Å²) in [5.74, 6) is 0.317. The van der Waals surface area contributed by atoms with Gasteiger partial charge in [-0.2, -0.15) is 0 Å². The summed E-state index contributed by atoms with van der Waals surface area (Å²) >= 11 is 0. The van der Waals surface area contributed by atoms with Crippen molar-refractivity contribution in [2.45, 2.75) is 31.8 Å². The van der Waals surface area contributed by atoms with Crippen LogP contribution in [0.5, 0.6) is 0 Å². The zero-order valence-electron chi connectivity index (χ0n) is 5.88. The Balaban J connectivity index is 2.19. The normalized spacial score (nSPS) is 21.1. The van der Waals surface area contributed by atoms with Crippen LogP contribution in [0.1, 0.15) is 25.7 Å². The lowest BCUT2D eigenvalue weighted by Gasteiger charge is -2.19. The molecule has 0 aromatic carbocycles. The van der Waals surface area contributed by atoms with E-state index in [0.29, 0.717) is 18.6 Å². The van der Waals surface area contributed by atoms with Crippen LogP contribution < -0.4 is 0 Å². The van der Waals surface area contributed by atoms with Gasteiger partial charge < -0.3 is 9.68 Å². The van der Waals surface area contributed by atoms with Crippen LogP contribution in [-0.4, -0.2) is 24.6 Å². The summed E-state index contributed by atoms with van der Waals surface area (Å²) in [5, 5.41) is 8.38. The number of Topliss-reactive ketones (excluding diaryl/α,β-unsaturated/α-hetero) is 1. The lowest BCUT2D eigenvalue weighted by molar-refractivity contribution is -0.121. The molecule has 0 unspecified atom stereocenters. The first-order chi connectivity index (χ1) is 4.83. The first-order valence-electron chi connectivity index (χ1n) is 3.57. The van der Waals surface area contributed by atoms with Gasteiger partial charge in [-0.05, 0) is 12.8 Å². The molecule has 1 N–H and O–H groups in total. The van der Waals surface area contributed by atoms with E-state index >= 15 is 0 Å². The molecule has 1 aliphatic rings. The predicted octanol–water partition coefficient (Wildman–Crippen LogP) is -0.227. The Morgan fingerprint density at radius 2 is 2.10 bits per heavy atom. The van der Waals surface area contributed by atoms with Crippen molar-refractivity contribution in [1.29, 1.82) is 0 Å². The van der Waals surface area contributed by atoms with E-state index in [0.717, 1.165) is 12.8 Å². The minimum Gasteiger partial charge on any atom is -0.430 e. The molecule has 1 rings (SSSR count). The van der Waals surface area contributed by atoms with Crippen LogP contribution in [0.15, 0.2) is 0 Å². The van der Waals surface area contributed by atoms with Gasteiger partial charge in [-0.3, -0.25) is 4.79 Å². The Bertz CT molecular complexity index is 116. The monoisotopic (exact) mass is 142 g/mol. The highest BCUT2D eigenvalue weighted by molar-refractivity contribution is 6.15. The van der Waals surface area contributed by atoms with Gasteiger partial charge in [-0.1, -0.05) is 0 Å². The average Bonchev–Trinajstić information content (AvgIpc) is 1.95. The van der Waals surface area contributed by atoms with Gasteiger partial charge in [0.25, 0.3) is 0 Å². The van der Waals surface area contributed by atoms with E-state index in [1.807, 2.05) is 0 Å². The highest BCUT2D eigenvalue weighted by Crippen LogP contribution is 2.16.